The standard InChI is InChI=1S/C11H18ClN3O/c1-9(2)16-5-4-15(3)11-8-13-7-10(6-12)14-11/h7-9H,4-6H2,1-3H3. The Bertz CT molecular complexity index is 320. The Morgan fingerprint density at radius 1 is 1.44 bits per heavy atom. The molecule has 0 aliphatic rings. The molecule has 1 aromatic heterocycles. The molecular weight excluding hydrogens is 226 g/mol. The summed E-state index contributed by atoms with van der Waals surface area (Å²) in [6.45, 7) is 5.52. The summed E-state index contributed by atoms with van der Waals surface area (Å²) < 4.78 is 5.47. The number of likely N-dealkylation sites (N-methyl/N-ethyl adjacent to an activating group) is 1. The van der Waals surface area contributed by atoms with E-state index in [4.69, 9.17) is 16.3 Å². The van der Waals surface area contributed by atoms with Gasteiger partial charge in [-0.2, -0.15) is 0 Å². The Labute approximate surface area is 102 Å². The lowest BCUT2D eigenvalue weighted by Crippen LogP contribution is -2.25. The number of anilines is 1. The summed E-state index contributed by atoms with van der Waals surface area (Å²) in [5, 5.41) is 0. The summed E-state index contributed by atoms with van der Waals surface area (Å²) in [4.78, 5) is 10.5. The van der Waals surface area contributed by atoms with Crippen molar-refractivity contribution in [1.29, 1.82) is 0 Å². The van der Waals surface area contributed by atoms with Gasteiger partial charge in [0.1, 0.15) is 5.82 Å². The Kier molecular flexibility index (Phi) is 5.49. The average Bonchev–Trinajstić information content (AvgIpc) is 2.28. The van der Waals surface area contributed by atoms with E-state index >= 15 is 0 Å². The zero-order valence-electron chi connectivity index (χ0n) is 9.98. The van der Waals surface area contributed by atoms with Crippen LogP contribution in [0.4, 0.5) is 5.82 Å². The summed E-state index contributed by atoms with van der Waals surface area (Å²) in [6.07, 6.45) is 3.66. The van der Waals surface area contributed by atoms with Gasteiger partial charge in [0.15, 0.2) is 0 Å². The molecule has 0 atom stereocenters. The third kappa shape index (κ3) is 4.33. The van der Waals surface area contributed by atoms with Crippen molar-refractivity contribution in [2.75, 3.05) is 25.1 Å². The van der Waals surface area contributed by atoms with Crippen LogP contribution in [0, 0.1) is 0 Å². The first-order chi connectivity index (χ1) is 7.63. The lowest BCUT2D eigenvalue weighted by molar-refractivity contribution is 0.0845. The van der Waals surface area contributed by atoms with Crippen LogP contribution < -0.4 is 4.90 Å². The highest BCUT2D eigenvalue weighted by molar-refractivity contribution is 6.16. The molecule has 1 rings (SSSR count). The van der Waals surface area contributed by atoms with Crippen molar-refractivity contribution in [3.8, 4) is 0 Å². The largest absolute Gasteiger partial charge is 0.377 e. The van der Waals surface area contributed by atoms with E-state index in [0.29, 0.717) is 12.5 Å². The van der Waals surface area contributed by atoms with E-state index in [1.165, 1.54) is 0 Å². The summed E-state index contributed by atoms with van der Waals surface area (Å²) in [5.41, 5.74) is 0.788. The van der Waals surface area contributed by atoms with Gasteiger partial charge >= 0.3 is 0 Å². The molecule has 0 unspecified atom stereocenters. The number of hydrogen-bond donors (Lipinski definition) is 0. The van der Waals surface area contributed by atoms with E-state index < -0.39 is 0 Å². The minimum atomic E-state index is 0.258. The lowest BCUT2D eigenvalue weighted by Gasteiger charge is -2.18. The number of rotatable bonds is 6. The van der Waals surface area contributed by atoms with Gasteiger partial charge in [-0.05, 0) is 13.8 Å². The third-order valence-corrected chi connectivity index (χ3v) is 2.35. The minimum absolute atomic E-state index is 0.258. The molecule has 0 fully saturated rings. The van der Waals surface area contributed by atoms with Gasteiger partial charge in [-0.25, -0.2) is 4.98 Å². The van der Waals surface area contributed by atoms with Gasteiger partial charge in [0.2, 0.25) is 0 Å². The molecule has 1 heterocycles. The fraction of sp³-hybridized carbons (Fsp3) is 0.636. The number of halogens is 1. The van der Waals surface area contributed by atoms with Crippen molar-refractivity contribution in [3.63, 3.8) is 0 Å². The van der Waals surface area contributed by atoms with Crippen LogP contribution in [0.1, 0.15) is 19.5 Å². The van der Waals surface area contributed by atoms with E-state index in [1.807, 2.05) is 25.8 Å². The van der Waals surface area contributed by atoms with Crippen LogP contribution in [-0.4, -0.2) is 36.3 Å². The van der Waals surface area contributed by atoms with Gasteiger partial charge in [0.25, 0.3) is 0 Å². The Balaban J connectivity index is 2.48. The normalized spacial score (nSPS) is 10.8. The molecule has 0 saturated heterocycles. The van der Waals surface area contributed by atoms with E-state index in [2.05, 4.69) is 9.97 Å². The Hall–Kier alpha value is -0.870. The number of nitrogens with zero attached hydrogens (tertiary/aromatic N) is 3. The second-order valence-corrected chi connectivity index (χ2v) is 4.11. The molecule has 16 heavy (non-hydrogen) atoms. The maximum atomic E-state index is 5.70. The fourth-order valence-electron chi connectivity index (χ4n) is 1.18. The topological polar surface area (TPSA) is 38.2 Å². The first kappa shape index (κ1) is 13.2. The van der Waals surface area contributed by atoms with Crippen molar-refractivity contribution >= 4 is 17.4 Å². The molecule has 90 valence electrons. The highest BCUT2D eigenvalue weighted by Crippen LogP contribution is 2.08. The van der Waals surface area contributed by atoms with E-state index in [-0.39, 0.29) is 6.10 Å². The fourth-order valence-corrected chi connectivity index (χ4v) is 1.31. The van der Waals surface area contributed by atoms with Gasteiger partial charge in [-0.3, -0.25) is 4.98 Å². The third-order valence-electron chi connectivity index (χ3n) is 2.08. The van der Waals surface area contributed by atoms with E-state index in [0.717, 1.165) is 18.1 Å². The number of hydrogen-bond acceptors (Lipinski definition) is 4. The molecule has 0 amide bonds. The molecule has 5 heteroatoms. The number of ether oxygens (including phenoxy) is 1. The molecule has 0 radical (unpaired) electrons. The van der Waals surface area contributed by atoms with Crippen molar-refractivity contribution in [3.05, 3.63) is 18.1 Å². The zero-order chi connectivity index (χ0) is 12.0. The van der Waals surface area contributed by atoms with Crippen molar-refractivity contribution in [2.24, 2.45) is 0 Å². The van der Waals surface area contributed by atoms with Crippen LogP contribution >= 0.6 is 11.6 Å². The van der Waals surface area contributed by atoms with Crippen LogP contribution in [0.2, 0.25) is 0 Å². The monoisotopic (exact) mass is 243 g/mol. The molecule has 1 aromatic rings. The van der Waals surface area contributed by atoms with E-state index in [1.54, 1.807) is 12.4 Å². The van der Waals surface area contributed by atoms with Gasteiger partial charge in [-0.1, -0.05) is 0 Å². The zero-order valence-corrected chi connectivity index (χ0v) is 10.7. The molecule has 0 bridgehead atoms. The molecule has 0 N–H and O–H groups in total. The molecule has 4 nitrogen and oxygen atoms in total. The smallest absolute Gasteiger partial charge is 0.147 e. The molecule has 0 aromatic carbocycles. The second kappa shape index (κ2) is 6.66. The molecular formula is C11H18ClN3O. The summed E-state index contributed by atoms with van der Waals surface area (Å²) in [6, 6.07) is 0. The first-order valence-electron chi connectivity index (χ1n) is 5.33. The molecule has 0 aliphatic carbocycles. The quantitative estimate of drug-likeness (QED) is 0.717. The summed E-state index contributed by atoms with van der Waals surface area (Å²) in [5.74, 6) is 1.21. The van der Waals surface area contributed by atoms with Gasteiger partial charge in [0, 0.05) is 19.8 Å². The number of aromatic nitrogens is 2. The van der Waals surface area contributed by atoms with Gasteiger partial charge < -0.3 is 9.64 Å². The van der Waals surface area contributed by atoms with Crippen LogP contribution in [0.3, 0.4) is 0 Å². The number of alkyl halides is 1. The average molecular weight is 244 g/mol. The Morgan fingerprint density at radius 3 is 2.81 bits per heavy atom. The first-order valence-corrected chi connectivity index (χ1v) is 5.86. The van der Waals surface area contributed by atoms with Gasteiger partial charge in [-0.15, -0.1) is 11.6 Å². The maximum absolute atomic E-state index is 5.70. The Morgan fingerprint density at radius 2 is 2.19 bits per heavy atom. The van der Waals surface area contributed by atoms with Crippen molar-refractivity contribution in [1.82, 2.24) is 9.97 Å². The summed E-state index contributed by atoms with van der Waals surface area (Å²) >= 11 is 5.70. The van der Waals surface area contributed by atoms with Crippen LogP contribution in [0.25, 0.3) is 0 Å². The lowest BCUT2D eigenvalue weighted by atomic mass is 10.4. The van der Waals surface area contributed by atoms with Gasteiger partial charge in [0.05, 0.1) is 30.5 Å². The highest BCUT2D eigenvalue weighted by atomic mass is 35.5. The second-order valence-electron chi connectivity index (χ2n) is 3.84. The predicted molar refractivity (Wildman–Crippen MR) is 65.9 cm³/mol. The molecule has 0 spiro atoms. The van der Waals surface area contributed by atoms with Crippen molar-refractivity contribution in [2.45, 2.75) is 25.8 Å². The van der Waals surface area contributed by atoms with Crippen LogP contribution in [0.5, 0.6) is 0 Å². The van der Waals surface area contributed by atoms with Crippen LogP contribution in [0.15, 0.2) is 12.4 Å². The molecule has 0 saturated carbocycles. The highest BCUT2D eigenvalue weighted by Gasteiger charge is 2.04. The predicted octanol–water partition coefficient (Wildman–Crippen LogP) is 2.08. The summed E-state index contributed by atoms with van der Waals surface area (Å²) in [7, 11) is 1.96. The van der Waals surface area contributed by atoms with Crippen LogP contribution in [-0.2, 0) is 10.6 Å². The maximum Gasteiger partial charge on any atom is 0.147 e. The SMILES string of the molecule is CC(C)OCCN(C)c1cncc(CCl)n1. The molecule has 0 aliphatic heterocycles. The minimum Gasteiger partial charge on any atom is -0.377 e. The van der Waals surface area contributed by atoms with E-state index in [9.17, 15) is 0 Å². The van der Waals surface area contributed by atoms with Crippen molar-refractivity contribution < 1.29 is 4.74 Å².